The minimum absolute atomic E-state index is 0.194. The first-order valence-corrected chi connectivity index (χ1v) is 11.1. The number of hydrogen-bond acceptors (Lipinski definition) is 5. The van der Waals surface area contributed by atoms with Crippen molar-refractivity contribution >= 4 is 5.91 Å². The molecule has 1 aromatic heterocycles. The van der Waals surface area contributed by atoms with Crippen LogP contribution in [0.1, 0.15) is 32.1 Å². The Morgan fingerprint density at radius 3 is 2.61 bits per heavy atom. The van der Waals surface area contributed by atoms with E-state index in [1.165, 1.54) is 38.9 Å². The van der Waals surface area contributed by atoms with E-state index in [9.17, 15) is 4.79 Å². The largest absolute Gasteiger partial charge is 0.378 e. The second-order valence-corrected chi connectivity index (χ2v) is 8.50. The van der Waals surface area contributed by atoms with Gasteiger partial charge in [-0.25, -0.2) is 4.98 Å². The number of carbonyl (C=O) groups is 1. The molecule has 7 heteroatoms. The Hall–Kier alpha value is -1.44. The molecule has 0 aliphatic carbocycles. The number of likely N-dealkylation sites (tertiary alicyclic amines) is 2. The van der Waals surface area contributed by atoms with E-state index in [-0.39, 0.29) is 5.92 Å². The third-order valence-corrected chi connectivity index (χ3v) is 6.65. The maximum absolute atomic E-state index is 12.9. The van der Waals surface area contributed by atoms with Crippen molar-refractivity contribution in [3.63, 3.8) is 0 Å². The van der Waals surface area contributed by atoms with Crippen molar-refractivity contribution in [1.29, 1.82) is 0 Å². The van der Waals surface area contributed by atoms with Crippen molar-refractivity contribution in [1.82, 2.24) is 24.3 Å². The predicted molar refractivity (Wildman–Crippen MR) is 108 cm³/mol. The van der Waals surface area contributed by atoms with Crippen molar-refractivity contribution in [2.45, 2.75) is 44.7 Å². The lowest BCUT2D eigenvalue weighted by Gasteiger charge is -2.43. The van der Waals surface area contributed by atoms with Gasteiger partial charge >= 0.3 is 0 Å². The number of aryl methyl sites for hydroxylation is 1. The second-order valence-electron chi connectivity index (χ2n) is 8.50. The fourth-order valence-corrected chi connectivity index (χ4v) is 4.99. The lowest BCUT2D eigenvalue weighted by molar-refractivity contribution is -0.142. The van der Waals surface area contributed by atoms with Crippen LogP contribution in [0.4, 0.5) is 0 Å². The standard InChI is InChI=1S/C21H35N5O2/c27-21(25-13-15-28-16-14-25)19-3-1-9-26(17-19)20-4-10-23(11-5-20)7-2-8-24-12-6-22-18-24/h6,12,18-20H,1-5,7-11,13-17H2. The molecule has 0 saturated carbocycles. The van der Waals surface area contributed by atoms with E-state index in [0.29, 0.717) is 25.2 Å². The molecule has 1 unspecified atom stereocenters. The highest BCUT2D eigenvalue weighted by Crippen LogP contribution is 2.25. The summed E-state index contributed by atoms with van der Waals surface area (Å²) in [4.78, 5) is 24.2. The summed E-state index contributed by atoms with van der Waals surface area (Å²) in [6, 6.07) is 0.658. The second kappa shape index (κ2) is 9.85. The molecule has 3 aliphatic rings. The van der Waals surface area contributed by atoms with Gasteiger partial charge in [-0.3, -0.25) is 9.69 Å². The molecule has 7 nitrogen and oxygen atoms in total. The van der Waals surface area contributed by atoms with Crippen LogP contribution in [0.25, 0.3) is 0 Å². The van der Waals surface area contributed by atoms with Crippen LogP contribution in [0.2, 0.25) is 0 Å². The van der Waals surface area contributed by atoms with Gasteiger partial charge in [0.25, 0.3) is 0 Å². The summed E-state index contributed by atoms with van der Waals surface area (Å²) in [5.74, 6) is 0.560. The quantitative estimate of drug-likeness (QED) is 0.734. The van der Waals surface area contributed by atoms with Gasteiger partial charge in [0, 0.05) is 44.6 Å². The highest BCUT2D eigenvalue weighted by atomic mass is 16.5. The van der Waals surface area contributed by atoms with Gasteiger partial charge in [0.2, 0.25) is 5.91 Å². The average Bonchev–Trinajstić information content (AvgIpc) is 3.28. The zero-order valence-electron chi connectivity index (χ0n) is 17.0. The Morgan fingerprint density at radius 2 is 1.86 bits per heavy atom. The zero-order valence-corrected chi connectivity index (χ0v) is 17.0. The molecule has 28 heavy (non-hydrogen) atoms. The number of hydrogen-bond donors (Lipinski definition) is 0. The van der Waals surface area contributed by atoms with Crippen LogP contribution in [-0.4, -0.2) is 95.2 Å². The van der Waals surface area contributed by atoms with E-state index in [4.69, 9.17) is 4.74 Å². The first kappa shape index (κ1) is 19.9. The monoisotopic (exact) mass is 389 g/mol. The fourth-order valence-electron chi connectivity index (χ4n) is 4.99. The van der Waals surface area contributed by atoms with Crippen LogP contribution in [0.3, 0.4) is 0 Å². The summed E-state index contributed by atoms with van der Waals surface area (Å²) >= 11 is 0. The van der Waals surface area contributed by atoms with Crippen LogP contribution in [0.5, 0.6) is 0 Å². The van der Waals surface area contributed by atoms with Crippen molar-refractivity contribution in [2.75, 3.05) is 59.0 Å². The molecule has 4 heterocycles. The molecule has 3 fully saturated rings. The van der Waals surface area contributed by atoms with Crippen LogP contribution in [-0.2, 0) is 16.1 Å². The predicted octanol–water partition coefficient (Wildman–Crippen LogP) is 1.31. The maximum Gasteiger partial charge on any atom is 0.227 e. The molecule has 0 spiro atoms. The van der Waals surface area contributed by atoms with E-state index in [2.05, 4.69) is 19.4 Å². The summed E-state index contributed by atoms with van der Waals surface area (Å²) in [5.41, 5.74) is 0. The summed E-state index contributed by atoms with van der Waals surface area (Å²) < 4.78 is 7.56. The van der Waals surface area contributed by atoms with E-state index in [1.54, 1.807) is 0 Å². The van der Waals surface area contributed by atoms with Gasteiger partial charge in [0.15, 0.2) is 0 Å². The molecule has 1 amide bonds. The summed E-state index contributed by atoms with van der Waals surface area (Å²) in [7, 11) is 0. The number of piperidine rings is 2. The summed E-state index contributed by atoms with van der Waals surface area (Å²) in [5, 5.41) is 0. The van der Waals surface area contributed by atoms with Gasteiger partial charge in [-0.1, -0.05) is 0 Å². The molecule has 0 bridgehead atoms. The highest BCUT2D eigenvalue weighted by molar-refractivity contribution is 5.79. The SMILES string of the molecule is O=C(C1CCCN(C2CCN(CCCn3ccnc3)CC2)C1)N1CCOCC1. The Labute approximate surface area is 168 Å². The summed E-state index contributed by atoms with van der Waals surface area (Å²) in [6.45, 7) is 9.66. The van der Waals surface area contributed by atoms with E-state index in [1.807, 2.05) is 23.6 Å². The minimum Gasteiger partial charge on any atom is -0.378 e. The lowest BCUT2D eigenvalue weighted by atomic mass is 9.92. The van der Waals surface area contributed by atoms with Crippen molar-refractivity contribution in [3.05, 3.63) is 18.7 Å². The molecule has 4 rings (SSSR count). The van der Waals surface area contributed by atoms with Gasteiger partial charge in [0.05, 0.1) is 25.5 Å². The van der Waals surface area contributed by atoms with Crippen LogP contribution >= 0.6 is 0 Å². The number of morpholine rings is 1. The van der Waals surface area contributed by atoms with E-state index < -0.39 is 0 Å². The molecule has 0 N–H and O–H groups in total. The third kappa shape index (κ3) is 5.13. The lowest BCUT2D eigenvalue weighted by Crippen LogP contribution is -2.52. The Balaban J connectivity index is 1.19. The highest BCUT2D eigenvalue weighted by Gasteiger charge is 2.33. The topological polar surface area (TPSA) is 53.8 Å². The van der Waals surface area contributed by atoms with Crippen molar-refractivity contribution < 1.29 is 9.53 Å². The van der Waals surface area contributed by atoms with Crippen molar-refractivity contribution in [2.24, 2.45) is 5.92 Å². The molecule has 1 atom stereocenters. The number of rotatable bonds is 6. The van der Waals surface area contributed by atoms with Gasteiger partial charge in [-0.2, -0.15) is 0 Å². The van der Waals surface area contributed by atoms with Crippen LogP contribution in [0.15, 0.2) is 18.7 Å². The number of carbonyl (C=O) groups excluding carboxylic acids is 1. The van der Waals surface area contributed by atoms with Gasteiger partial charge < -0.3 is 19.1 Å². The number of aromatic nitrogens is 2. The van der Waals surface area contributed by atoms with Crippen molar-refractivity contribution in [3.8, 4) is 0 Å². The van der Waals surface area contributed by atoms with Crippen LogP contribution in [0, 0.1) is 5.92 Å². The minimum atomic E-state index is 0.194. The Morgan fingerprint density at radius 1 is 1.04 bits per heavy atom. The average molecular weight is 390 g/mol. The maximum atomic E-state index is 12.9. The molecule has 3 saturated heterocycles. The number of nitrogens with zero attached hydrogens (tertiary/aromatic N) is 5. The van der Waals surface area contributed by atoms with Gasteiger partial charge in [-0.15, -0.1) is 0 Å². The smallest absolute Gasteiger partial charge is 0.227 e. The van der Waals surface area contributed by atoms with E-state index in [0.717, 1.165) is 45.6 Å². The van der Waals surface area contributed by atoms with Gasteiger partial charge in [-0.05, 0) is 58.3 Å². The number of amides is 1. The third-order valence-electron chi connectivity index (χ3n) is 6.65. The molecule has 0 aromatic carbocycles. The zero-order chi connectivity index (χ0) is 19.2. The Bertz CT molecular complexity index is 594. The Kier molecular flexibility index (Phi) is 6.99. The molecule has 156 valence electrons. The van der Waals surface area contributed by atoms with Crippen LogP contribution < -0.4 is 0 Å². The fraction of sp³-hybridized carbons (Fsp3) is 0.810. The van der Waals surface area contributed by atoms with E-state index >= 15 is 0 Å². The first-order valence-electron chi connectivity index (χ1n) is 11.1. The number of imidazole rings is 1. The normalized spacial score (nSPS) is 25.9. The molecule has 0 radical (unpaired) electrons. The molecular weight excluding hydrogens is 354 g/mol. The summed E-state index contributed by atoms with van der Waals surface area (Å²) in [6.07, 6.45) is 11.7. The molecular formula is C21H35N5O2. The number of ether oxygens (including phenoxy) is 1. The first-order chi connectivity index (χ1) is 13.8. The molecule has 1 aromatic rings. The van der Waals surface area contributed by atoms with Gasteiger partial charge in [0.1, 0.15) is 0 Å². The molecule has 3 aliphatic heterocycles.